The molecule has 284 valence electrons. The molecule has 0 spiro atoms. The molecule has 10 nitrogen and oxygen atoms in total. The monoisotopic (exact) mass is 772 g/mol. The van der Waals surface area contributed by atoms with Crippen LogP contribution >= 0.6 is 11.8 Å². The lowest BCUT2D eigenvalue weighted by Crippen LogP contribution is -2.67. The van der Waals surface area contributed by atoms with Crippen LogP contribution in [0.4, 0.5) is 14.6 Å². The van der Waals surface area contributed by atoms with Gasteiger partial charge in [-0.15, -0.1) is 5.10 Å². The van der Waals surface area contributed by atoms with E-state index in [1.807, 2.05) is 12.1 Å². The van der Waals surface area contributed by atoms with Crippen molar-refractivity contribution in [3.63, 3.8) is 0 Å². The smallest absolute Gasteiger partial charge is 0.303 e. The van der Waals surface area contributed by atoms with E-state index in [0.29, 0.717) is 35.0 Å². The van der Waals surface area contributed by atoms with Crippen LogP contribution in [0.2, 0.25) is 5.04 Å². The van der Waals surface area contributed by atoms with Gasteiger partial charge in [0.1, 0.15) is 6.10 Å². The van der Waals surface area contributed by atoms with Gasteiger partial charge < -0.3 is 19.6 Å². The maximum Gasteiger partial charge on any atom is 0.303 e. The third-order valence-electron chi connectivity index (χ3n) is 10.4. The Hall–Kier alpha value is -4.24. The fraction of sp³-hybridized carbons (Fsp3) is 0.425. The van der Waals surface area contributed by atoms with Gasteiger partial charge in [-0.1, -0.05) is 111 Å². The minimum absolute atomic E-state index is 0.00635. The summed E-state index contributed by atoms with van der Waals surface area (Å²) in [5, 5.41) is 24.9. The second-order valence-electron chi connectivity index (χ2n) is 15.2. The second kappa shape index (κ2) is 15.9. The first-order chi connectivity index (χ1) is 26.0. The van der Waals surface area contributed by atoms with E-state index >= 15 is 0 Å². The minimum Gasteiger partial charge on any atom is -0.481 e. The van der Waals surface area contributed by atoms with Crippen LogP contribution in [0.1, 0.15) is 77.3 Å². The van der Waals surface area contributed by atoms with E-state index in [1.165, 1.54) is 17.8 Å². The third kappa shape index (κ3) is 7.79. The Labute approximate surface area is 319 Å². The molecular weight excluding hydrogens is 727 g/mol. The summed E-state index contributed by atoms with van der Waals surface area (Å²) in [7, 11) is -2.93. The molecule has 2 aliphatic rings. The van der Waals surface area contributed by atoms with Crippen molar-refractivity contribution in [3.8, 4) is 0 Å². The highest BCUT2D eigenvalue weighted by Gasteiger charge is 2.51. The number of halogens is 2. The highest BCUT2D eigenvalue weighted by molar-refractivity contribution is 7.99. The fourth-order valence-corrected chi connectivity index (χ4v) is 13.0. The van der Waals surface area contributed by atoms with Gasteiger partial charge in [0.15, 0.2) is 33.8 Å². The molecule has 5 aromatic rings. The third-order valence-corrected chi connectivity index (χ3v) is 16.5. The molecule has 2 fully saturated rings. The zero-order valence-electron chi connectivity index (χ0n) is 30.9. The molecule has 3 aromatic carbocycles. The summed E-state index contributed by atoms with van der Waals surface area (Å²) >= 11 is 1.54. The van der Waals surface area contributed by atoms with Gasteiger partial charge in [-0.2, -0.15) is 0 Å². The number of aliphatic carboxylic acids is 1. The molecule has 3 heterocycles. The average molecular weight is 773 g/mol. The number of benzene rings is 3. The van der Waals surface area contributed by atoms with Gasteiger partial charge in [0.25, 0.3) is 8.32 Å². The Balaban J connectivity index is 1.24. The number of anilines is 1. The van der Waals surface area contributed by atoms with E-state index < -0.39 is 32.0 Å². The van der Waals surface area contributed by atoms with E-state index in [-0.39, 0.29) is 42.2 Å². The number of ether oxygens (including phenoxy) is 1. The van der Waals surface area contributed by atoms with Crippen molar-refractivity contribution in [3.05, 3.63) is 96.1 Å². The maximum atomic E-state index is 14.1. The lowest BCUT2D eigenvalue weighted by atomic mass is 10.1. The van der Waals surface area contributed by atoms with Crippen molar-refractivity contribution in [2.75, 3.05) is 17.7 Å². The fourth-order valence-electron chi connectivity index (χ4n) is 7.69. The predicted octanol–water partition coefficient (Wildman–Crippen LogP) is 7.11. The molecule has 0 unspecified atom stereocenters. The molecule has 5 atom stereocenters. The van der Waals surface area contributed by atoms with Crippen molar-refractivity contribution in [1.82, 2.24) is 25.0 Å². The van der Waals surface area contributed by atoms with Crippen LogP contribution in [0.15, 0.2) is 84.0 Å². The molecule has 1 aliphatic carbocycles. The number of thioether (sulfide) groups is 1. The van der Waals surface area contributed by atoms with Gasteiger partial charge >= 0.3 is 5.97 Å². The highest BCUT2D eigenvalue weighted by atomic mass is 32.2. The van der Waals surface area contributed by atoms with Crippen molar-refractivity contribution >= 4 is 53.4 Å². The van der Waals surface area contributed by atoms with E-state index in [0.717, 1.165) is 40.6 Å². The van der Waals surface area contributed by atoms with E-state index in [1.54, 1.807) is 10.7 Å². The van der Waals surface area contributed by atoms with E-state index in [4.69, 9.17) is 19.1 Å². The Morgan fingerprint density at radius 2 is 1.72 bits per heavy atom. The average Bonchev–Trinajstić information content (AvgIpc) is 3.59. The molecule has 1 aliphatic heterocycles. The van der Waals surface area contributed by atoms with Gasteiger partial charge in [0, 0.05) is 24.1 Å². The number of aromatic nitrogens is 5. The van der Waals surface area contributed by atoms with Gasteiger partial charge in [0.2, 0.25) is 0 Å². The summed E-state index contributed by atoms with van der Waals surface area (Å²) in [6.07, 6.45) is 1.67. The van der Waals surface area contributed by atoms with Crippen molar-refractivity contribution in [2.45, 2.75) is 100 Å². The summed E-state index contributed by atoms with van der Waals surface area (Å²) < 4.78 is 43.5. The van der Waals surface area contributed by atoms with Crippen molar-refractivity contribution < 1.29 is 27.8 Å². The summed E-state index contributed by atoms with van der Waals surface area (Å²) in [5.74, 6) is -1.28. The topological polar surface area (TPSA) is 124 Å². The number of hydrogen-bond acceptors (Lipinski definition) is 9. The number of hydrogen-bond donors (Lipinski definition) is 2. The zero-order chi connectivity index (χ0) is 38.0. The summed E-state index contributed by atoms with van der Waals surface area (Å²) in [5.41, 5.74) is 1.76. The number of fused-ring (bicyclic) bond motifs is 1. The lowest BCUT2D eigenvalue weighted by molar-refractivity contribution is -0.137. The Morgan fingerprint density at radius 3 is 2.35 bits per heavy atom. The Morgan fingerprint density at radius 1 is 1.02 bits per heavy atom. The Kier molecular flexibility index (Phi) is 11.2. The molecule has 7 rings (SSSR count). The largest absolute Gasteiger partial charge is 0.481 e. The molecular formula is C40H46F2N6O4SSi. The number of nitrogens with one attached hydrogen (secondary N) is 1. The molecule has 14 heteroatoms. The molecule has 0 amide bonds. The van der Waals surface area contributed by atoms with Crippen LogP contribution in [-0.2, 0) is 14.0 Å². The minimum atomic E-state index is -2.93. The van der Waals surface area contributed by atoms with Crippen molar-refractivity contribution in [1.29, 1.82) is 0 Å². The molecule has 1 saturated heterocycles. The summed E-state index contributed by atoms with van der Waals surface area (Å²) in [6.45, 7) is 9.02. The standard InChI is InChI=1S/C40H46F2N6O4SSi/c1-5-20-53-39-44-37(43-32-23-29(32)25-16-18-30(41)31(42)21-25)36-38(45-39)48(47-46-36)33-22-26(17-19-35(49)50)52-34(33)24-51-54(40(2,3)4,27-12-8-6-9-13-27)28-14-10-7-11-15-28/h6-16,18,21,26,29,32-34H,5,17,19-20,22-24H2,1-4H3,(H,49,50)(H,43,44,45)/t26-,29-,32+,33+,34-/m0/s1. The molecule has 0 bridgehead atoms. The second-order valence-corrected chi connectivity index (χ2v) is 20.6. The number of carboxylic acid groups (broad SMARTS) is 1. The quantitative estimate of drug-likeness (QED) is 0.0647. The number of nitrogens with zero attached hydrogens (tertiary/aromatic N) is 5. The first kappa shape index (κ1) is 38.0. The lowest BCUT2D eigenvalue weighted by Gasteiger charge is -2.43. The summed E-state index contributed by atoms with van der Waals surface area (Å²) in [4.78, 5) is 21.4. The molecule has 1 saturated carbocycles. The number of carboxylic acids is 1. The predicted molar refractivity (Wildman–Crippen MR) is 208 cm³/mol. The van der Waals surface area contributed by atoms with Crippen LogP contribution in [0.5, 0.6) is 0 Å². The van der Waals surface area contributed by atoms with Crippen LogP contribution in [-0.4, -0.2) is 75.0 Å². The van der Waals surface area contributed by atoms with E-state index in [2.05, 4.69) is 91.9 Å². The normalized spacial score (nSPS) is 21.4. The maximum absolute atomic E-state index is 14.1. The molecule has 2 aromatic heterocycles. The van der Waals surface area contributed by atoms with Gasteiger partial charge in [0.05, 0.1) is 18.8 Å². The van der Waals surface area contributed by atoms with Crippen LogP contribution in [0.3, 0.4) is 0 Å². The van der Waals surface area contributed by atoms with Gasteiger partial charge in [-0.05, 0) is 58.8 Å². The first-order valence-corrected chi connectivity index (χ1v) is 21.5. The van der Waals surface area contributed by atoms with Crippen LogP contribution in [0.25, 0.3) is 11.2 Å². The zero-order valence-corrected chi connectivity index (χ0v) is 32.7. The van der Waals surface area contributed by atoms with Gasteiger partial charge in [-0.25, -0.2) is 23.4 Å². The Bertz CT molecular complexity index is 2050. The molecule has 2 N–H and O–H groups in total. The van der Waals surface area contributed by atoms with Crippen LogP contribution < -0.4 is 15.7 Å². The molecule has 0 radical (unpaired) electrons. The summed E-state index contributed by atoms with van der Waals surface area (Å²) in [6, 6.07) is 24.5. The van der Waals surface area contributed by atoms with E-state index in [9.17, 15) is 18.7 Å². The van der Waals surface area contributed by atoms with Crippen molar-refractivity contribution in [2.24, 2.45) is 0 Å². The number of carbonyl (C=O) groups is 1. The SMILES string of the molecule is CCCSc1nc(N[C@@H]2C[C@H]2c2ccc(F)c(F)c2)c2nnn([C@@H]3C[C@H](CCC(=O)O)O[C@H]3CO[Si](c3ccccc3)(c3ccccc3)C(C)(C)C)c2n1. The molecule has 54 heavy (non-hydrogen) atoms. The highest BCUT2D eigenvalue weighted by Crippen LogP contribution is 2.44. The number of rotatable bonds is 15. The first-order valence-electron chi connectivity index (χ1n) is 18.6. The van der Waals surface area contributed by atoms with Crippen LogP contribution in [0, 0.1) is 11.6 Å². The van der Waals surface area contributed by atoms with Gasteiger partial charge in [-0.3, -0.25) is 4.79 Å².